The summed E-state index contributed by atoms with van der Waals surface area (Å²) in [5, 5.41) is 20.2. The highest BCUT2D eigenvalue weighted by Crippen LogP contribution is 2.30. The lowest BCUT2D eigenvalue weighted by Gasteiger charge is -2.38. The fourth-order valence-electron chi connectivity index (χ4n) is 1.94. The van der Waals surface area contributed by atoms with E-state index in [0.29, 0.717) is 12.1 Å². The van der Waals surface area contributed by atoms with E-state index in [-0.39, 0.29) is 17.8 Å². The number of non-ortho nitro benzene ring substituents is 1. The molecule has 0 aliphatic heterocycles. The van der Waals surface area contributed by atoms with Gasteiger partial charge in [-0.3, -0.25) is 10.1 Å². The van der Waals surface area contributed by atoms with Crippen molar-refractivity contribution >= 4 is 11.4 Å². The summed E-state index contributed by atoms with van der Waals surface area (Å²) in [6.45, 7) is 10.2. The van der Waals surface area contributed by atoms with Gasteiger partial charge in [-0.15, -0.1) is 6.58 Å². The Balaban J connectivity index is 3.30. The van der Waals surface area contributed by atoms with Gasteiger partial charge in [0.05, 0.1) is 11.5 Å². The predicted molar refractivity (Wildman–Crippen MR) is 76.3 cm³/mol. The number of aliphatic hydroxyl groups excluding tert-OH is 1. The smallest absolute Gasteiger partial charge is 0.269 e. The number of nitro groups is 1. The van der Waals surface area contributed by atoms with Gasteiger partial charge >= 0.3 is 0 Å². The van der Waals surface area contributed by atoms with E-state index in [1.165, 1.54) is 12.1 Å². The molecular weight excluding hydrogens is 244 g/mol. The van der Waals surface area contributed by atoms with Crippen molar-refractivity contribution in [2.24, 2.45) is 0 Å². The van der Waals surface area contributed by atoms with Crippen molar-refractivity contribution in [2.45, 2.75) is 32.9 Å². The van der Waals surface area contributed by atoms with Gasteiger partial charge in [-0.05, 0) is 26.8 Å². The van der Waals surface area contributed by atoms with Gasteiger partial charge in [-0.2, -0.15) is 0 Å². The molecule has 0 aliphatic carbocycles. The van der Waals surface area contributed by atoms with Crippen LogP contribution in [-0.2, 0) is 6.61 Å². The number of hydrogen-bond acceptors (Lipinski definition) is 4. The van der Waals surface area contributed by atoms with Crippen LogP contribution >= 0.6 is 0 Å². The highest BCUT2D eigenvalue weighted by atomic mass is 16.6. The molecule has 0 heterocycles. The van der Waals surface area contributed by atoms with Crippen molar-refractivity contribution in [2.75, 3.05) is 11.4 Å². The normalized spacial score (nSPS) is 11.2. The third kappa shape index (κ3) is 3.54. The molecule has 0 amide bonds. The van der Waals surface area contributed by atoms with Gasteiger partial charge in [0.25, 0.3) is 5.69 Å². The maximum absolute atomic E-state index is 10.8. The van der Waals surface area contributed by atoms with Crippen LogP contribution in [0.2, 0.25) is 0 Å². The second kappa shape index (κ2) is 5.84. The SMILES string of the molecule is C=CCN(c1ccc([N+](=O)[O-])cc1CO)C(C)(C)C. The van der Waals surface area contributed by atoms with Crippen LogP contribution < -0.4 is 4.90 Å². The maximum atomic E-state index is 10.8. The van der Waals surface area contributed by atoms with E-state index in [9.17, 15) is 15.2 Å². The molecule has 0 radical (unpaired) electrons. The number of anilines is 1. The molecule has 5 heteroatoms. The molecule has 0 atom stereocenters. The Morgan fingerprint density at radius 1 is 1.47 bits per heavy atom. The number of nitrogens with zero attached hydrogens (tertiary/aromatic N) is 2. The zero-order valence-corrected chi connectivity index (χ0v) is 11.6. The van der Waals surface area contributed by atoms with Gasteiger partial charge in [-0.25, -0.2) is 0 Å². The molecule has 0 unspecified atom stereocenters. The number of rotatable bonds is 5. The maximum Gasteiger partial charge on any atom is 0.269 e. The Kier molecular flexibility index (Phi) is 4.67. The Bertz CT molecular complexity index is 478. The van der Waals surface area contributed by atoms with E-state index in [2.05, 4.69) is 11.5 Å². The zero-order valence-electron chi connectivity index (χ0n) is 11.6. The largest absolute Gasteiger partial charge is 0.392 e. The molecule has 1 N–H and O–H groups in total. The number of aliphatic hydroxyl groups is 1. The van der Waals surface area contributed by atoms with E-state index in [0.717, 1.165) is 5.69 Å². The fourth-order valence-corrected chi connectivity index (χ4v) is 1.94. The van der Waals surface area contributed by atoms with E-state index >= 15 is 0 Å². The first-order valence-electron chi connectivity index (χ1n) is 6.08. The molecule has 0 bridgehead atoms. The third-order valence-electron chi connectivity index (χ3n) is 2.86. The lowest BCUT2D eigenvalue weighted by molar-refractivity contribution is -0.384. The molecule has 0 aliphatic rings. The molecular formula is C14H20N2O3. The van der Waals surface area contributed by atoms with Crippen molar-refractivity contribution in [1.82, 2.24) is 0 Å². The first-order valence-corrected chi connectivity index (χ1v) is 6.08. The van der Waals surface area contributed by atoms with Crippen molar-refractivity contribution in [3.63, 3.8) is 0 Å². The van der Waals surface area contributed by atoms with Gasteiger partial charge in [0, 0.05) is 35.5 Å². The first kappa shape index (κ1) is 15.2. The molecule has 0 spiro atoms. The van der Waals surface area contributed by atoms with Gasteiger partial charge in [0.1, 0.15) is 0 Å². The lowest BCUT2D eigenvalue weighted by atomic mass is 10.0. The summed E-state index contributed by atoms with van der Waals surface area (Å²) >= 11 is 0. The van der Waals surface area contributed by atoms with E-state index in [1.54, 1.807) is 12.1 Å². The predicted octanol–water partition coefficient (Wildman–Crippen LogP) is 2.88. The monoisotopic (exact) mass is 264 g/mol. The topological polar surface area (TPSA) is 66.6 Å². The Morgan fingerprint density at radius 3 is 2.53 bits per heavy atom. The van der Waals surface area contributed by atoms with Gasteiger partial charge in [-0.1, -0.05) is 6.08 Å². The van der Waals surface area contributed by atoms with Crippen LogP contribution in [0.4, 0.5) is 11.4 Å². The van der Waals surface area contributed by atoms with E-state index < -0.39 is 4.92 Å². The van der Waals surface area contributed by atoms with Gasteiger partial charge < -0.3 is 10.0 Å². The molecule has 0 aromatic heterocycles. The molecule has 5 nitrogen and oxygen atoms in total. The second-order valence-electron chi connectivity index (χ2n) is 5.30. The molecule has 104 valence electrons. The van der Waals surface area contributed by atoms with Crippen molar-refractivity contribution in [1.29, 1.82) is 0 Å². The summed E-state index contributed by atoms with van der Waals surface area (Å²) in [4.78, 5) is 12.4. The lowest BCUT2D eigenvalue weighted by Crippen LogP contribution is -2.42. The zero-order chi connectivity index (χ0) is 14.6. The van der Waals surface area contributed by atoms with Crippen LogP contribution in [0.1, 0.15) is 26.3 Å². The van der Waals surface area contributed by atoms with Crippen molar-refractivity contribution in [3.8, 4) is 0 Å². The summed E-state index contributed by atoms with van der Waals surface area (Å²) in [6.07, 6.45) is 1.77. The first-order chi connectivity index (χ1) is 8.81. The average Bonchev–Trinajstić information content (AvgIpc) is 2.33. The standard InChI is InChI=1S/C14H20N2O3/c1-5-8-15(14(2,3)4)13-7-6-12(16(18)19)9-11(13)10-17/h5-7,9,17H,1,8,10H2,2-4H3. The van der Waals surface area contributed by atoms with Crippen LogP contribution in [0.15, 0.2) is 30.9 Å². The van der Waals surface area contributed by atoms with Crippen LogP contribution in [-0.4, -0.2) is 22.1 Å². The quantitative estimate of drug-likeness (QED) is 0.504. The summed E-state index contributed by atoms with van der Waals surface area (Å²) in [7, 11) is 0. The molecule has 0 fully saturated rings. The molecule has 19 heavy (non-hydrogen) atoms. The average molecular weight is 264 g/mol. The number of hydrogen-bond donors (Lipinski definition) is 1. The molecule has 0 saturated heterocycles. The molecule has 1 rings (SSSR count). The molecule has 1 aromatic rings. The van der Waals surface area contributed by atoms with Crippen LogP contribution in [0, 0.1) is 10.1 Å². The van der Waals surface area contributed by atoms with E-state index in [4.69, 9.17) is 0 Å². The Labute approximate surface area is 113 Å². The minimum absolute atomic E-state index is 0.0136. The number of nitro benzene ring substituents is 1. The molecule has 0 saturated carbocycles. The minimum atomic E-state index is -0.460. The van der Waals surface area contributed by atoms with Crippen molar-refractivity contribution < 1.29 is 10.0 Å². The van der Waals surface area contributed by atoms with Gasteiger partial charge in [0.2, 0.25) is 0 Å². The summed E-state index contributed by atoms with van der Waals surface area (Å²) in [5.74, 6) is 0. The van der Waals surface area contributed by atoms with Crippen LogP contribution in [0.3, 0.4) is 0 Å². The highest BCUT2D eigenvalue weighted by Gasteiger charge is 2.23. The fraction of sp³-hybridized carbons (Fsp3) is 0.429. The summed E-state index contributed by atoms with van der Waals surface area (Å²) in [6, 6.07) is 4.55. The number of benzene rings is 1. The Hall–Kier alpha value is -1.88. The summed E-state index contributed by atoms with van der Waals surface area (Å²) in [5.41, 5.74) is 1.15. The van der Waals surface area contributed by atoms with Gasteiger partial charge in [0.15, 0.2) is 0 Å². The highest BCUT2D eigenvalue weighted by molar-refractivity contribution is 5.59. The minimum Gasteiger partial charge on any atom is -0.392 e. The third-order valence-corrected chi connectivity index (χ3v) is 2.86. The van der Waals surface area contributed by atoms with Crippen molar-refractivity contribution in [3.05, 3.63) is 46.5 Å². The van der Waals surface area contributed by atoms with E-state index in [1.807, 2.05) is 20.8 Å². The van der Waals surface area contributed by atoms with Crippen LogP contribution in [0.25, 0.3) is 0 Å². The van der Waals surface area contributed by atoms with Crippen LogP contribution in [0.5, 0.6) is 0 Å². The summed E-state index contributed by atoms with van der Waals surface area (Å²) < 4.78 is 0. The second-order valence-corrected chi connectivity index (χ2v) is 5.30. The Morgan fingerprint density at radius 2 is 2.11 bits per heavy atom. The molecule has 1 aromatic carbocycles.